The van der Waals surface area contributed by atoms with Crippen molar-refractivity contribution in [2.75, 3.05) is 0 Å². The summed E-state index contributed by atoms with van der Waals surface area (Å²) >= 11 is 4.59. The van der Waals surface area contributed by atoms with Gasteiger partial charge in [0.25, 0.3) is 0 Å². The van der Waals surface area contributed by atoms with Gasteiger partial charge in [-0.15, -0.1) is 0 Å². The molecule has 0 aliphatic carbocycles. The SMILES string of the molecule is CC[CH2][SnH]([c]1ccccc1Cl)[C](C)(C)C. The molecule has 1 unspecified atom stereocenters. The van der Waals surface area contributed by atoms with Gasteiger partial charge in [0.1, 0.15) is 0 Å². The molecule has 0 bridgehead atoms. The first kappa shape index (κ1) is 13.4. The summed E-state index contributed by atoms with van der Waals surface area (Å²) in [5, 5.41) is 1.00. The standard InChI is InChI=1S/C6H4Cl.C4H9.C3H7.Sn.H/c7-6-4-2-1-3-5-6;1-4(2)3;1-3-2;;/h1-4H;1-3H3;1,3H2,2H3;;. The molecule has 0 N–H and O–H groups in total. The molecule has 0 fully saturated rings. The Kier molecular flexibility index (Phi) is 4.98. The molecule has 0 heterocycles. The number of hydrogen-bond acceptors (Lipinski definition) is 0. The topological polar surface area (TPSA) is 0 Å². The molecule has 1 atom stereocenters. The summed E-state index contributed by atoms with van der Waals surface area (Å²) in [5.74, 6) is 0. The van der Waals surface area contributed by atoms with Gasteiger partial charge < -0.3 is 0 Å². The summed E-state index contributed by atoms with van der Waals surface area (Å²) in [5.41, 5.74) is 0. The summed E-state index contributed by atoms with van der Waals surface area (Å²) in [7, 11) is 0. The Morgan fingerprint density at radius 2 is 1.80 bits per heavy atom. The van der Waals surface area contributed by atoms with Crippen molar-refractivity contribution >= 4 is 34.9 Å². The number of rotatable bonds is 3. The first-order valence-corrected chi connectivity index (χ1v) is 11.7. The summed E-state index contributed by atoms with van der Waals surface area (Å²) in [6.07, 6.45) is 1.29. The van der Waals surface area contributed by atoms with Crippen LogP contribution in [0.3, 0.4) is 0 Å². The van der Waals surface area contributed by atoms with Crippen LogP contribution in [-0.4, -0.2) is 19.8 Å². The third kappa shape index (κ3) is 3.67. The molecule has 0 aromatic heterocycles. The van der Waals surface area contributed by atoms with Gasteiger partial charge in [-0.2, -0.15) is 0 Å². The fraction of sp³-hybridized carbons (Fsp3) is 0.538. The van der Waals surface area contributed by atoms with E-state index in [-0.39, 0.29) is 0 Å². The molecule has 1 aromatic rings. The third-order valence-corrected chi connectivity index (χ3v) is 16.6. The summed E-state index contributed by atoms with van der Waals surface area (Å²) in [4.78, 5) is 0. The Labute approximate surface area is 106 Å². The van der Waals surface area contributed by atoms with E-state index >= 15 is 0 Å². The minimum atomic E-state index is -1.72. The first-order chi connectivity index (χ1) is 6.96. The second kappa shape index (κ2) is 5.58. The van der Waals surface area contributed by atoms with E-state index in [4.69, 9.17) is 11.6 Å². The van der Waals surface area contributed by atoms with Gasteiger partial charge in [0.05, 0.1) is 0 Å². The number of benzene rings is 1. The summed E-state index contributed by atoms with van der Waals surface area (Å²) in [6.45, 7) is 9.43. The molecule has 84 valence electrons. The fourth-order valence-electron chi connectivity index (χ4n) is 2.10. The number of halogens is 1. The van der Waals surface area contributed by atoms with E-state index < -0.39 is 19.8 Å². The Morgan fingerprint density at radius 3 is 2.27 bits per heavy atom. The van der Waals surface area contributed by atoms with E-state index in [1.807, 2.05) is 12.1 Å². The van der Waals surface area contributed by atoms with E-state index in [2.05, 4.69) is 39.8 Å². The van der Waals surface area contributed by atoms with Crippen molar-refractivity contribution in [2.24, 2.45) is 0 Å². The Hall–Kier alpha value is 0.309. The molecule has 0 saturated heterocycles. The second-order valence-corrected chi connectivity index (χ2v) is 17.2. The van der Waals surface area contributed by atoms with E-state index in [0.717, 1.165) is 5.02 Å². The molecule has 1 aromatic carbocycles. The van der Waals surface area contributed by atoms with Gasteiger partial charge in [-0.05, 0) is 0 Å². The van der Waals surface area contributed by atoms with Crippen molar-refractivity contribution in [1.82, 2.24) is 0 Å². The summed E-state index contributed by atoms with van der Waals surface area (Å²) < 4.78 is 3.41. The van der Waals surface area contributed by atoms with Crippen molar-refractivity contribution in [1.29, 1.82) is 0 Å². The molecule has 0 amide bonds. The molecule has 0 radical (unpaired) electrons. The fourth-order valence-corrected chi connectivity index (χ4v) is 13.0. The van der Waals surface area contributed by atoms with Gasteiger partial charge in [0.2, 0.25) is 0 Å². The van der Waals surface area contributed by atoms with Gasteiger partial charge in [-0.3, -0.25) is 0 Å². The van der Waals surface area contributed by atoms with E-state index in [9.17, 15) is 0 Å². The maximum atomic E-state index is 6.31. The monoisotopic (exact) mass is 332 g/mol. The summed E-state index contributed by atoms with van der Waals surface area (Å²) in [6, 6.07) is 8.46. The van der Waals surface area contributed by atoms with Gasteiger partial charge in [-0.1, -0.05) is 0 Å². The molecule has 0 saturated carbocycles. The molecular formula is C13H21ClSn. The Balaban J connectivity index is 3.05. The molecule has 1 rings (SSSR count). The van der Waals surface area contributed by atoms with E-state index in [1.165, 1.54) is 14.4 Å². The van der Waals surface area contributed by atoms with Crippen molar-refractivity contribution in [3.8, 4) is 0 Å². The molecule has 15 heavy (non-hydrogen) atoms. The quantitative estimate of drug-likeness (QED) is 0.735. The molecule has 0 nitrogen and oxygen atoms in total. The van der Waals surface area contributed by atoms with E-state index in [1.54, 1.807) is 0 Å². The van der Waals surface area contributed by atoms with Crippen LogP contribution in [0.1, 0.15) is 34.1 Å². The van der Waals surface area contributed by atoms with E-state index in [0.29, 0.717) is 3.43 Å². The van der Waals surface area contributed by atoms with Crippen LogP contribution in [-0.2, 0) is 0 Å². The Bertz CT molecular complexity index is 315. The average Bonchev–Trinajstić information content (AvgIpc) is 2.14. The maximum absolute atomic E-state index is 6.31. The zero-order chi connectivity index (χ0) is 11.5. The van der Waals surface area contributed by atoms with Gasteiger partial charge in [0, 0.05) is 0 Å². The number of hydrogen-bond donors (Lipinski definition) is 0. The molecule has 0 aliphatic heterocycles. The predicted molar refractivity (Wildman–Crippen MR) is 73.0 cm³/mol. The first-order valence-electron chi connectivity index (χ1n) is 5.71. The zero-order valence-electron chi connectivity index (χ0n) is 10.2. The second-order valence-electron chi connectivity index (χ2n) is 5.23. The molecular weight excluding hydrogens is 310 g/mol. The van der Waals surface area contributed by atoms with Crippen molar-refractivity contribution in [3.63, 3.8) is 0 Å². The normalized spacial score (nSPS) is 13.9. The van der Waals surface area contributed by atoms with Crippen LogP contribution >= 0.6 is 11.6 Å². The van der Waals surface area contributed by atoms with Crippen LogP contribution in [0.2, 0.25) is 12.9 Å². The van der Waals surface area contributed by atoms with Crippen LogP contribution in [0.4, 0.5) is 0 Å². The van der Waals surface area contributed by atoms with Gasteiger partial charge in [0.15, 0.2) is 0 Å². The molecule has 0 aliphatic rings. The van der Waals surface area contributed by atoms with Crippen LogP contribution in [0, 0.1) is 0 Å². The van der Waals surface area contributed by atoms with Gasteiger partial charge in [-0.25, -0.2) is 0 Å². The molecule has 2 heteroatoms. The predicted octanol–water partition coefficient (Wildman–Crippen LogP) is 3.98. The van der Waals surface area contributed by atoms with Crippen LogP contribution in [0.5, 0.6) is 0 Å². The minimum absolute atomic E-state index is 0.489. The van der Waals surface area contributed by atoms with Crippen LogP contribution in [0.25, 0.3) is 0 Å². The average molecular weight is 331 g/mol. The van der Waals surface area contributed by atoms with Crippen molar-refractivity contribution in [3.05, 3.63) is 29.3 Å². The molecule has 0 spiro atoms. The van der Waals surface area contributed by atoms with Gasteiger partial charge >= 0.3 is 106 Å². The third-order valence-electron chi connectivity index (χ3n) is 2.90. The van der Waals surface area contributed by atoms with Crippen LogP contribution in [0.15, 0.2) is 24.3 Å². The van der Waals surface area contributed by atoms with Crippen molar-refractivity contribution < 1.29 is 0 Å². The van der Waals surface area contributed by atoms with Crippen LogP contribution < -0.4 is 3.58 Å². The zero-order valence-corrected chi connectivity index (χ0v) is 14.2. The Morgan fingerprint density at radius 1 is 1.20 bits per heavy atom. The van der Waals surface area contributed by atoms with Crippen molar-refractivity contribution in [2.45, 2.75) is 42.0 Å².